The van der Waals surface area contributed by atoms with Crippen LogP contribution in [0.15, 0.2) is 87.7 Å². The first-order valence-electron chi connectivity index (χ1n) is 8.93. The predicted molar refractivity (Wildman–Crippen MR) is 117 cm³/mol. The molecule has 3 nitrogen and oxygen atoms in total. The molecule has 0 bridgehead atoms. The lowest BCUT2D eigenvalue weighted by Gasteiger charge is -2.09. The molecule has 0 spiro atoms. The van der Waals surface area contributed by atoms with Gasteiger partial charge in [0.1, 0.15) is 0 Å². The van der Waals surface area contributed by atoms with E-state index in [1.165, 1.54) is 27.8 Å². The monoisotopic (exact) mass is 406 g/mol. The van der Waals surface area contributed by atoms with Gasteiger partial charge in [-0.2, -0.15) is 0 Å². The third kappa shape index (κ3) is 3.79. The summed E-state index contributed by atoms with van der Waals surface area (Å²) >= 11 is 8.03. The Morgan fingerprint density at radius 3 is 2.64 bits per heavy atom. The molecule has 0 aliphatic heterocycles. The lowest BCUT2D eigenvalue weighted by atomic mass is 10.2. The van der Waals surface area contributed by atoms with Crippen molar-refractivity contribution in [3.05, 3.63) is 94.6 Å². The maximum absolute atomic E-state index is 8.80. The molecule has 3 aromatic carbocycles. The SMILES string of the molecule is Cc1c(Sc2cccc(/C=N\O)c2)c2ccc(Cl)cc2n1Cc1ccccc1. The fourth-order valence-corrected chi connectivity index (χ4v) is 4.64. The first kappa shape index (κ1) is 18.7. The van der Waals surface area contributed by atoms with Crippen LogP contribution in [0.4, 0.5) is 0 Å². The van der Waals surface area contributed by atoms with Crippen LogP contribution in [0.25, 0.3) is 10.9 Å². The molecule has 4 aromatic rings. The third-order valence-electron chi connectivity index (χ3n) is 4.70. The molecule has 140 valence electrons. The van der Waals surface area contributed by atoms with Gasteiger partial charge in [0.15, 0.2) is 0 Å². The van der Waals surface area contributed by atoms with Crippen molar-refractivity contribution >= 4 is 40.5 Å². The minimum Gasteiger partial charge on any atom is -0.411 e. The molecule has 0 unspecified atom stereocenters. The average Bonchev–Trinajstić information content (AvgIpc) is 2.95. The van der Waals surface area contributed by atoms with Crippen LogP contribution in [0.2, 0.25) is 5.02 Å². The van der Waals surface area contributed by atoms with Crippen molar-refractivity contribution in [2.45, 2.75) is 23.3 Å². The van der Waals surface area contributed by atoms with Crippen LogP contribution in [0.3, 0.4) is 0 Å². The van der Waals surface area contributed by atoms with E-state index in [-0.39, 0.29) is 0 Å². The summed E-state index contributed by atoms with van der Waals surface area (Å²) < 4.78 is 2.32. The summed E-state index contributed by atoms with van der Waals surface area (Å²) in [6.07, 6.45) is 1.44. The maximum atomic E-state index is 8.80. The second-order valence-electron chi connectivity index (χ2n) is 6.57. The Kier molecular flexibility index (Phi) is 5.42. The lowest BCUT2D eigenvalue weighted by Crippen LogP contribution is -2.01. The number of aromatic nitrogens is 1. The van der Waals surface area contributed by atoms with Crippen LogP contribution in [0.5, 0.6) is 0 Å². The van der Waals surface area contributed by atoms with E-state index >= 15 is 0 Å². The average molecular weight is 407 g/mol. The molecule has 0 aliphatic carbocycles. The quantitative estimate of drug-likeness (QED) is 0.230. The Hall–Kier alpha value is -2.69. The second-order valence-corrected chi connectivity index (χ2v) is 8.09. The Balaban J connectivity index is 1.80. The van der Waals surface area contributed by atoms with E-state index in [0.29, 0.717) is 0 Å². The van der Waals surface area contributed by atoms with Crippen molar-refractivity contribution in [2.24, 2.45) is 5.16 Å². The normalized spacial score (nSPS) is 11.5. The summed E-state index contributed by atoms with van der Waals surface area (Å²) in [5, 5.41) is 13.8. The van der Waals surface area contributed by atoms with Gasteiger partial charge in [0.25, 0.3) is 0 Å². The van der Waals surface area contributed by atoms with E-state index in [9.17, 15) is 0 Å². The number of halogens is 1. The fourth-order valence-electron chi connectivity index (χ4n) is 3.36. The molecule has 0 amide bonds. The van der Waals surface area contributed by atoms with Crippen molar-refractivity contribution in [3.63, 3.8) is 0 Å². The largest absolute Gasteiger partial charge is 0.411 e. The molecule has 28 heavy (non-hydrogen) atoms. The van der Waals surface area contributed by atoms with Gasteiger partial charge in [-0.3, -0.25) is 0 Å². The summed E-state index contributed by atoms with van der Waals surface area (Å²) in [5.41, 5.74) is 4.44. The van der Waals surface area contributed by atoms with Crippen molar-refractivity contribution < 1.29 is 5.21 Å². The van der Waals surface area contributed by atoms with Crippen molar-refractivity contribution in [1.82, 2.24) is 4.57 Å². The molecule has 1 heterocycles. The Morgan fingerprint density at radius 1 is 1.04 bits per heavy atom. The standard InChI is InChI=1S/C23H19ClN2OS/c1-16-23(28-20-9-5-8-18(12-20)14-25-27)21-11-10-19(24)13-22(21)26(16)15-17-6-3-2-4-7-17/h2-14,27H,15H2,1H3/b25-14-. The summed E-state index contributed by atoms with van der Waals surface area (Å²) in [4.78, 5) is 2.30. The van der Waals surface area contributed by atoms with E-state index in [4.69, 9.17) is 16.8 Å². The highest BCUT2D eigenvalue weighted by atomic mass is 35.5. The van der Waals surface area contributed by atoms with E-state index in [1.54, 1.807) is 11.8 Å². The van der Waals surface area contributed by atoms with Gasteiger partial charge in [0.05, 0.1) is 11.7 Å². The van der Waals surface area contributed by atoms with Gasteiger partial charge >= 0.3 is 0 Å². The van der Waals surface area contributed by atoms with Gasteiger partial charge < -0.3 is 9.77 Å². The zero-order chi connectivity index (χ0) is 19.5. The molecular formula is C23H19ClN2OS. The molecule has 0 radical (unpaired) electrons. The third-order valence-corrected chi connectivity index (χ3v) is 6.14. The molecule has 0 atom stereocenters. The summed E-state index contributed by atoms with van der Waals surface area (Å²) in [6.45, 7) is 2.94. The molecule has 0 saturated carbocycles. The van der Waals surface area contributed by atoms with Crippen molar-refractivity contribution in [2.75, 3.05) is 0 Å². The summed E-state index contributed by atoms with van der Waals surface area (Å²) in [7, 11) is 0. The number of hydrogen-bond donors (Lipinski definition) is 1. The Morgan fingerprint density at radius 2 is 1.86 bits per heavy atom. The van der Waals surface area contributed by atoms with Gasteiger partial charge in [-0.25, -0.2) is 0 Å². The van der Waals surface area contributed by atoms with Crippen LogP contribution in [-0.2, 0) is 6.54 Å². The molecule has 1 N–H and O–H groups in total. The van der Waals surface area contributed by atoms with E-state index in [0.717, 1.165) is 27.5 Å². The molecule has 5 heteroatoms. The van der Waals surface area contributed by atoms with E-state index in [1.807, 2.05) is 36.4 Å². The van der Waals surface area contributed by atoms with Gasteiger partial charge in [0.2, 0.25) is 0 Å². The number of hydrogen-bond acceptors (Lipinski definition) is 3. The van der Waals surface area contributed by atoms with Crippen molar-refractivity contribution in [1.29, 1.82) is 0 Å². The maximum Gasteiger partial charge on any atom is 0.0734 e. The molecular weight excluding hydrogens is 388 g/mol. The topological polar surface area (TPSA) is 37.5 Å². The first-order chi connectivity index (χ1) is 13.7. The van der Waals surface area contributed by atoms with Gasteiger partial charge in [-0.1, -0.05) is 77.0 Å². The van der Waals surface area contributed by atoms with Gasteiger partial charge in [-0.15, -0.1) is 0 Å². The highest BCUT2D eigenvalue weighted by Gasteiger charge is 2.16. The first-order valence-corrected chi connectivity index (χ1v) is 10.1. The number of fused-ring (bicyclic) bond motifs is 1. The Labute approximate surface area is 173 Å². The molecule has 0 aliphatic rings. The number of oxime groups is 1. The summed E-state index contributed by atoms with van der Waals surface area (Å²) in [6, 6.07) is 24.5. The smallest absolute Gasteiger partial charge is 0.0734 e. The number of rotatable bonds is 5. The predicted octanol–water partition coefficient (Wildman–Crippen LogP) is 6.61. The fraction of sp³-hybridized carbons (Fsp3) is 0.0870. The zero-order valence-electron chi connectivity index (χ0n) is 15.3. The van der Waals surface area contributed by atoms with Crippen LogP contribution >= 0.6 is 23.4 Å². The second kappa shape index (κ2) is 8.13. The zero-order valence-corrected chi connectivity index (χ0v) is 16.9. The summed E-state index contributed by atoms with van der Waals surface area (Å²) in [5.74, 6) is 0. The van der Waals surface area contributed by atoms with Gasteiger partial charge in [-0.05, 0) is 42.3 Å². The molecule has 4 rings (SSSR count). The van der Waals surface area contributed by atoms with Crippen LogP contribution in [0.1, 0.15) is 16.8 Å². The number of nitrogens with zero attached hydrogens (tertiary/aromatic N) is 2. The van der Waals surface area contributed by atoms with Crippen LogP contribution in [-0.4, -0.2) is 16.0 Å². The molecule has 1 aromatic heterocycles. The molecule has 0 saturated heterocycles. The van der Waals surface area contributed by atoms with E-state index in [2.05, 4.69) is 53.0 Å². The lowest BCUT2D eigenvalue weighted by molar-refractivity contribution is 0.322. The highest BCUT2D eigenvalue weighted by molar-refractivity contribution is 7.99. The minimum atomic E-state index is 0.733. The van der Waals surface area contributed by atoms with Gasteiger partial charge in [0, 0.05) is 32.4 Å². The van der Waals surface area contributed by atoms with Crippen LogP contribution < -0.4 is 0 Å². The van der Waals surface area contributed by atoms with Crippen molar-refractivity contribution in [3.8, 4) is 0 Å². The van der Waals surface area contributed by atoms with E-state index < -0.39 is 0 Å². The minimum absolute atomic E-state index is 0.733. The van der Waals surface area contributed by atoms with Crippen LogP contribution in [0, 0.1) is 6.92 Å². The molecule has 0 fully saturated rings. The highest BCUT2D eigenvalue weighted by Crippen LogP contribution is 2.39. The number of benzene rings is 3. The Bertz CT molecular complexity index is 1150.